The Kier molecular flexibility index (Phi) is 6.07. The van der Waals surface area contributed by atoms with Crippen LogP contribution in [-0.2, 0) is 20.1 Å². The minimum atomic E-state index is -0.259. The second kappa shape index (κ2) is 8.92. The molecule has 156 valence electrons. The van der Waals surface area contributed by atoms with E-state index in [0.29, 0.717) is 21.1 Å². The van der Waals surface area contributed by atoms with E-state index in [4.69, 9.17) is 23.2 Å². The number of carbonyl (C=O) groups is 1. The van der Waals surface area contributed by atoms with Crippen molar-refractivity contribution < 1.29 is 4.79 Å². The van der Waals surface area contributed by atoms with E-state index in [1.807, 2.05) is 48.5 Å². The van der Waals surface area contributed by atoms with E-state index < -0.39 is 0 Å². The number of hydrogen-bond donors (Lipinski definition) is 0. The molecule has 0 spiro atoms. The molecule has 2 aromatic carbocycles. The summed E-state index contributed by atoms with van der Waals surface area (Å²) in [4.78, 5) is 32.2. The molecule has 4 aromatic rings. The molecule has 0 aliphatic rings. The number of halogens is 2. The van der Waals surface area contributed by atoms with E-state index >= 15 is 0 Å². The van der Waals surface area contributed by atoms with Crippen LogP contribution in [0.3, 0.4) is 0 Å². The van der Waals surface area contributed by atoms with Crippen molar-refractivity contribution in [2.75, 3.05) is 0 Å². The molecule has 31 heavy (non-hydrogen) atoms. The first-order valence-electron chi connectivity index (χ1n) is 9.66. The van der Waals surface area contributed by atoms with Gasteiger partial charge in [-0.05, 0) is 35.9 Å². The third kappa shape index (κ3) is 4.48. The first-order valence-corrected chi connectivity index (χ1v) is 10.4. The zero-order chi connectivity index (χ0) is 22.0. The predicted molar refractivity (Wildman–Crippen MR) is 123 cm³/mol. The van der Waals surface area contributed by atoms with E-state index in [1.54, 1.807) is 30.3 Å². The number of carbonyl (C=O) groups excluding carboxylic acids is 1. The van der Waals surface area contributed by atoms with Gasteiger partial charge in [-0.3, -0.25) is 14.6 Å². The Balaban J connectivity index is 1.78. The van der Waals surface area contributed by atoms with Gasteiger partial charge in [-0.25, -0.2) is 0 Å². The maximum absolute atomic E-state index is 13.7. The molecule has 2 aromatic heterocycles. The lowest BCUT2D eigenvalue weighted by atomic mass is 10.1. The fourth-order valence-electron chi connectivity index (χ4n) is 3.50. The van der Waals surface area contributed by atoms with Crippen LogP contribution in [0.25, 0.3) is 10.9 Å². The monoisotopic (exact) mass is 451 g/mol. The largest absolute Gasteiger partial charge is 0.328 e. The zero-order valence-electron chi connectivity index (χ0n) is 16.8. The van der Waals surface area contributed by atoms with E-state index in [1.165, 1.54) is 10.6 Å². The molecule has 1 amide bonds. The number of hydrogen-bond acceptors (Lipinski definition) is 3. The average molecular weight is 452 g/mol. The lowest BCUT2D eigenvalue weighted by Crippen LogP contribution is -2.32. The van der Waals surface area contributed by atoms with E-state index in [0.717, 1.165) is 16.6 Å². The molecular formula is C24H19Cl2N3O2. The molecule has 0 unspecified atom stereocenters. The van der Waals surface area contributed by atoms with Crippen molar-refractivity contribution in [3.63, 3.8) is 0 Å². The normalized spacial score (nSPS) is 10.9. The number of amides is 1. The molecule has 0 aliphatic carbocycles. The van der Waals surface area contributed by atoms with E-state index in [-0.39, 0.29) is 24.6 Å². The molecule has 0 bridgehead atoms. The van der Waals surface area contributed by atoms with Gasteiger partial charge in [0, 0.05) is 31.2 Å². The van der Waals surface area contributed by atoms with Crippen molar-refractivity contribution >= 4 is 40.0 Å². The maximum atomic E-state index is 13.7. The number of benzene rings is 2. The van der Waals surface area contributed by atoms with E-state index in [9.17, 15) is 9.59 Å². The lowest BCUT2D eigenvalue weighted by Gasteiger charge is -2.24. The minimum absolute atomic E-state index is 0.241. The fourth-order valence-corrected chi connectivity index (χ4v) is 3.82. The first kappa shape index (κ1) is 21.1. The van der Waals surface area contributed by atoms with Gasteiger partial charge in [-0.15, -0.1) is 0 Å². The molecule has 0 radical (unpaired) electrons. The zero-order valence-corrected chi connectivity index (χ0v) is 18.3. The highest BCUT2D eigenvalue weighted by atomic mass is 35.5. The van der Waals surface area contributed by atoms with Crippen LogP contribution >= 0.6 is 23.2 Å². The predicted octanol–water partition coefficient (Wildman–Crippen LogP) is 5.08. The Morgan fingerprint density at radius 1 is 0.968 bits per heavy atom. The minimum Gasteiger partial charge on any atom is -0.328 e. The quantitative estimate of drug-likeness (QED) is 0.424. The van der Waals surface area contributed by atoms with Gasteiger partial charge in [0.25, 0.3) is 11.5 Å². The highest BCUT2D eigenvalue weighted by Gasteiger charge is 2.21. The number of aryl methyl sites for hydroxylation is 1. The van der Waals surface area contributed by atoms with Crippen LogP contribution in [0.15, 0.2) is 77.7 Å². The molecule has 7 heteroatoms. The summed E-state index contributed by atoms with van der Waals surface area (Å²) in [5.41, 5.74) is 2.38. The number of pyridine rings is 2. The summed E-state index contributed by atoms with van der Waals surface area (Å²) in [6.07, 6.45) is 1.69. The van der Waals surface area contributed by atoms with Gasteiger partial charge in [0.1, 0.15) is 0 Å². The van der Waals surface area contributed by atoms with Gasteiger partial charge >= 0.3 is 0 Å². The van der Waals surface area contributed by atoms with Crippen LogP contribution < -0.4 is 5.56 Å². The summed E-state index contributed by atoms with van der Waals surface area (Å²) in [5, 5.41) is 1.59. The van der Waals surface area contributed by atoms with Crippen LogP contribution in [-0.4, -0.2) is 20.4 Å². The number of aromatic nitrogens is 2. The highest BCUT2D eigenvalue weighted by Crippen LogP contribution is 2.25. The summed E-state index contributed by atoms with van der Waals surface area (Å²) in [5.74, 6) is -0.259. The molecule has 0 saturated carbocycles. The molecule has 4 rings (SSSR count). The summed E-state index contributed by atoms with van der Waals surface area (Å²) < 4.78 is 1.54. The van der Waals surface area contributed by atoms with Crippen LogP contribution in [0.5, 0.6) is 0 Å². The molecule has 5 nitrogen and oxygen atoms in total. The smallest absolute Gasteiger partial charge is 0.255 e. The second-order valence-corrected chi connectivity index (χ2v) is 8.02. The average Bonchev–Trinajstić information content (AvgIpc) is 2.78. The van der Waals surface area contributed by atoms with Crippen molar-refractivity contribution in [2.24, 2.45) is 7.05 Å². The Morgan fingerprint density at radius 2 is 1.74 bits per heavy atom. The fraction of sp³-hybridized carbons (Fsp3) is 0.125. The summed E-state index contributed by atoms with van der Waals surface area (Å²) in [6, 6.07) is 19.6. The SMILES string of the molecule is Cn1c(=O)cc(C(=O)N(Cc2ccc(Cl)c(Cl)c2)Cc2ccccn2)c2ccccc21. The third-order valence-corrected chi connectivity index (χ3v) is 5.85. The molecule has 0 atom stereocenters. The van der Waals surface area contributed by atoms with Crippen molar-refractivity contribution in [3.8, 4) is 0 Å². The first-order chi connectivity index (χ1) is 14.9. The van der Waals surface area contributed by atoms with Gasteiger partial charge in [0.05, 0.1) is 33.4 Å². The molecule has 2 heterocycles. The topological polar surface area (TPSA) is 55.2 Å². The van der Waals surface area contributed by atoms with Crippen molar-refractivity contribution in [3.05, 3.63) is 110 Å². The second-order valence-electron chi connectivity index (χ2n) is 7.20. The maximum Gasteiger partial charge on any atom is 0.255 e. The van der Waals surface area contributed by atoms with Gasteiger partial charge in [-0.1, -0.05) is 53.5 Å². The van der Waals surface area contributed by atoms with Gasteiger partial charge in [0.15, 0.2) is 0 Å². The van der Waals surface area contributed by atoms with Crippen LogP contribution in [0.4, 0.5) is 0 Å². The van der Waals surface area contributed by atoms with Crippen molar-refractivity contribution in [1.29, 1.82) is 0 Å². The van der Waals surface area contributed by atoms with Crippen LogP contribution in [0, 0.1) is 0 Å². The Bertz CT molecular complexity index is 1320. The summed E-state index contributed by atoms with van der Waals surface area (Å²) in [6.45, 7) is 0.569. The number of nitrogens with zero attached hydrogens (tertiary/aromatic N) is 3. The van der Waals surface area contributed by atoms with Gasteiger partial charge in [0.2, 0.25) is 0 Å². The number of fused-ring (bicyclic) bond motifs is 1. The molecule has 0 fully saturated rings. The Labute approximate surface area is 189 Å². The van der Waals surface area contributed by atoms with Crippen LogP contribution in [0.2, 0.25) is 10.0 Å². The Morgan fingerprint density at radius 3 is 2.48 bits per heavy atom. The highest BCUT2D eigenvalue weighted by molar-refractivity contribution is 6.42. The number of rotatable bonds is 5. The van der Waals surface area contributed by atoms with Gasteiger partial charge in [-0.2, -0.15) is 0 Å². The third-order valence-electron chi connectivity index (χ3n) is 5.11. The van der Waals surface area contributed by atoms with Crippen LogP contribution in [0.1, 0.15) is 21.6 Å². The number of para-hydroxylation sites is 1. The van der Waals surface area contributed by atoms with E-state index in [2.05, 4.69) is 4.98 Å². The molecule has 0 saturated heterocycles. The molecule has 0 aliphatic heterocycles. The lowest BCUT2D eigenvalue weighted by molar-refractivity contribution is 0.0729. The molecular weight excluding hydrogens is 433 g/mol. The van der Waals surface area contributed by atoms with Crippen molar-refractivity contribution in [2.45, 2.75) is 13.1 Å². The summed E-state index contributed by atoms with van der Waals surface area (Å²) in [7, 11) is 1.69. The van der Waals surface area contributed by atoms with Crippen molar-refractivity contribution in [1.82, 2.24) is 14.5 Å². The summed E-state index contributed by atoms with van der Waals surface area (Å²) >= 11 is 12.2. The standard InChI is InChI=1S/C24H19Cl2N3O2/c1-28-22-8-3-2-7-18(22)19(13-23(28)30)24(31)29(15-17-6-4-5-11-27-17)14-16-9-10-20(25)21(26)12-16/h2-13H,14-15H2,1H3. The Hall–Kier alpha value is -3.15. The van der Waals surface area contributed by atoms with Gasteiger partial charge < -0.3 is 9.47 Å². The molecule has 0 N–H and O–H groups in total.